The molecule has 0 unspecified atom stereocenters. The number of rotatable bonds is 6. The maximum absolute atomic E-state index is 12.3. The number of hydrogen-bond acceptors (Lipinski definition) is 5. The number of nitrogens with one attached hydrogen (secondary N) is 2. The summed E-state index contributed by atoms with van der Waals surface area (Å²) in [5.41, 5.74) is -0.0644. The molecule has 1 fully saturated rings. The van der Waals surface area contributed by atoms with Crippen LogP contribution in [0.25, 0.3) is 0 Å². The lowest BCUT2D eigenvalue weighted by Gasteiger charge is -2.35. The summed E-state index contributed by atoms with van der Waals surface area (Å²) in [5, 5.41) is 15.9. The number of carbonyl (C=O) groups excluding carboxylic acids is 2. The van der Waals surface area contributed by atoms with Crippen LogP contribution >= 0.6 is 0 Å². The maximum atomic E-state index is 12.3. The maximum Gasteiger partial charge on any atom is 0.319 e. The number of likely N-dealkylation sites (tertiary alicyclic amines) is 1. The third-order valence-electron chi connectivity index (χ3n) is 4.60. The second kappa shape index (κ2) is 9.14. The van der Waals surface area contributed by atoms with Crippen LogP contribution in [0.15, 0.2) is 24.3 Å². The molecule has 1 aliphatic rings. The fourth-order valence-electron chi connectivity index (χ4n) is 2.95. The average molecular weight is 363 g/mol. The molecule has 1 aromatic rings. The zero-order valence-electron chi connectivity index (χ0n) is 15.1. The van der Waals surface area contributed by atoms with E-state index in [0.717, 1.165) is 25.9 Å². The van der Waals surface area contributed by atoms with E-state index in [4.69, 9.17) is 0 Å². The third-order valence-corrected chi connectivity index (χ3v) is 4.60. The Bertz CT molecular complexity index is 658. The SMILES string of the molecule is CN1CCC(N(C)C(=O)CCNC(=O)Nc2ccccc2[N+](=O)[O-])CC1. The van der Waals surface area contributed by atoms with E-state index in [2.05, 4.69) is 22.6 Å². The molecule has 0 saturated carbocycles. The van der Waals surface area contributed by atoms with Crippen molar-refractivity contribution in [2.45, 2.75) is 25.3 Å². The Balaban J connectivity index is 1.76. The molecule has 0 aromatic heterocycles. The first kappa shape index (κ1) is 19.6. The molecule has 2 rings (SSSR count). The lowest BCUT2D eigenvalue weighted by Crippen LogP contribution is -2.45. The Kier molecular flexibility index (Phi) is 6.90. The number of para-hydroxylation sites is 2. The van der Waals surface area contributed by atoms with Gasteiger partial charge in [-0.2, -0.15) is 0 Å². The molecule has 0 radical (unpaired) electrons. The van der Waals surface area contributed by atoms with Gasteiger partial charge in [0.25, 0.3) is 5.69 Å². The summed E-state index contributed by atoms with van der Waals surface area (Å²) in [7, 11) is 3.86. The smallest absolute Gasteiger partial charge is 0.319 e. The number of benzene rings is 1. The van der Waals surface area contributed by atoms with Crippen molar-refractivity contribution in [2.75, 3.05) is 39.0 Å². The van der Waals surface area contributed by atoms with Crippen molar-refractivity contribution in [2.24, 2.45) is 0 Å². The van der Waals surface area contributed by atoms with E-state index in [1.165, 1.54) is 18.2 Å². The topological polar surface area (TPSA) is 108 Å². The fourth-order valence-corrected chi connectivity index (χ4v) is 2.95. The molecule has 142 valence electrons. The van der Waals surface area contributed by atoms with Crippen molar-refractivity contribution in [3.05, 3.63) is 34.4 Å². The summed E-state index contributed by atoms with van der Waals surface area (Å²) in [6, 6.07) is 5.56. The molecule has 1 aromatic carbocycles. The first-order chi connectivity index (χ1) is 12.4. The van der Waals surface area contributed by atoms with Crippen LogP contribution in [0.2, 0.25) is 0 Å². The number of carbonyl (C=O) groups is 2. The number of amides is 3. The van der Waals surface area contributed by atoms with Crippen LogP contribution < -0.4 is 10.6 Å². The summed E-state index contributed by atoms with van der Waals surface area (Å²) in [4.78, 5) is 38.5. The molecule has 9 nitrogen and oxygen atoms in total. The van der Waals surface area contributed by atoms with Gasteiger partial charge < -0.3 is 20.4 Å². The van der Waals surface area contributed by atoms with Crippen LogP contribution in [0.3, 0.4) is 0 Å². The Hall–Kier alpha value is -2.68. The average Bonchev–Trinajstić information content (AvgIpc) is 2.62. The number of nitro groups is 1. The molecular formula is C17H25N5O4. The predicted octanol–water partition coefficient (Wildman–Crippen LogP) is 1.66. The molecule has 3 amide bonds. The Labute approximate surface area is 152 Å². The molecule has 0 aliphatic carbocycles. The highest BCUT2D eigenvalue weighted by Gasteiger charge is 2.23. The Morgan fingerprint density at radius 2 is 1.96 bits per heavy atom. The predicted molar refractivity (Wildman–Crippen MR) is 98.0 cm³/mol. The summed E-state index contributed by atoms with van der Waals surface area (Å²) >= 11 is 0. The van der Waals surface area contributed by atoms with Crippen LogP contribution in [0, 0.1) is 10.1 Å². The summed E-state index contributed by atoms with van der Waals surface area (Å²) < 4.78 is 0. The molecule has 1 saturated heterocycles. The van der Waals surface area contributed by atoms with Gasteiger partial charge in [-0.1, -0.05) is 12.1 Å². The van der Waals surface area contributed by atoms with Crippen molar-refractivity contribution in [3.63, 3.8) is 0 Å². The lowest BCUT2D eigenvalue weighted by atomic mass is 10.0. The van der Waals surface area contributed by atoms with Gasteiger partial charge in [0.1, 0.15) is 5.69 Å². The van der Waals surface area contributed by atoms with Crippen LogP contribution in [0.5, 0.6) is 0 Å². The van der Waals surface area contributed by atoms with E-state index >= 15 is 0 Å². The quantitative estimate of drug-likeness (QED) is 0.590. The highest BCUT2D eigenvalue weighted by Crippen LogP contribution is 2.22. The molecule has 9 heteroatoms. The normalized spacial score (nSPS) is 15.3. The monoisotopic (exact) mass is 363 g/mol. The second-order valence-electron chi connectivity index (χ2n) is 6.44. The first-order valence-corrected chi connectivity index (χ1v) is 8.61. The number of nitrogens with zero attached hydrogens (tertiary/aromatic N) is 3. The van der Waals surface area contributed by atoms with E-state index in [1.54, 1.807) is 18.0 Å². The second-order valence-corrected chi connectivity index (χ2v) is 6.44. The Morgan fingerprint density at radius 3 is 2.62 bits per heavy atom. The summed E-state index contributed by atoms with van der Waals surface area (Å²) in [5.74, 6) is -0.0226. The van der Waals surface area contributed by atoms with Gasteiger partial charge >= 0.3 is 6.03 Å². The van der Waals surface area contributed by atoms with Crippen LogP contribution in [0.1, 0.15) is 19.3 Å². The van der Waals surface area contributed by atoms with Crippen molar-refractivity contribution in [1.82, 2.24) is 15.1 Å². The molecule has 0 atom stereocenters. The zero-order chi connectivity index (χ0) is 19.1. The van der Waals surface area contributed by atoms with Crippen molar-refractivity contribution >= 4 is 23.3 Å². The van der Waals surface area contributed by atoms with E-state index in [-0.39, 0.29) is 36.3 Å². The number of urea groups is 1. The van der Waals surface area contributed by atoms with Crippen LogP contribution in [-0.4, -0.2) is 66.4 Å². The molecule has 1 aliphatic heterocycles. The zero-order valence-corrected chi connectivity index (χ0v) is 15.1. The van der Waals surface area contributed by atoms with Gasteiger partial charge in [-0.15, -0.1) is 0 Å². The lowest BCUT2D eigenvalue weighted by molar-refractivity contribution is -0.383. The first-order valence-electron chi connectivity index (χ1n) is 8.61. The molecule has 26 heavy (non-hydrogen) atoms. The number of anilines is 1. The van der Waals surface area contributed by atoms with E-state index < -0.39 is 11.0 Å². The molecule has 0 bridgehead atoms. The van der Waals surface area contributed by atoms with E-state index in [0.29, 0.717) is 0 Å². The van der Waals surface area contributed by atoms with Gasteiger partial charge in [0.05, 0.1) is 4.92 Å². The van der Waals surface area contributed by atoms with Gasteiger partial charge in [-0.05, 0) is 39.0 Å². The largest absolute Gasteiger partial charge is 0.343 e. The highest BCUT2D eigenvalue weighted by atomic mass is 16.6. The van der Waals surface area contributed by atoms with Crippen LogP contribution in [-0.2, 0) is 4.79 Å². The standard InChI is InChI=1S/C17H25N5O4/c1-20-11-8-13(9-12-20)21(2)16(23)7-10-18-17(24)19-14-5-3-4-6-15(14)22(25)26/h3-6,13H,7-12H2,1-2H3,(H2,18,19,24). The highest BCUT2D eigenvalue weighted by molar-refractivity contribution is 5.92. The molecule has 0 spiro atoms. The molecular weight excluding hydrogens is 338 g/mol. The van der Waals surface area contributed by atoms with Gasteiger partial charge in [0, 0.05) is 32.1 Å². The molecule has 1 heterocycles. The number of hydrogen-bond donors (Lipinski definition) is 2. The van der Waals surface area contributed by atoms with E-state index in [9.17, 15) is 19.7 Å². The molecule has 2 N–H and O–H groups in total. The van der Waals surface area contributed by atoms with Gasteiger partial charge in [-0.25, -0.2) is 4.79 Å². The van der Waals surface area contributed by atoms with Crippen molar-refractivity contribution < 1.29 is 14.5 Å². The minimum absolute atomic E-state index is 0.0226. The van der Waals surface area contributed by atoms with Crippen molar-refractivity contribution in [3.8, 4) is 0 Å². The fraction of sp³-hybridized carbons (Fsp3) is 0.529. The number of piperidine rings is 1. The van der Waals surface area contributed by atoms with Crippen molar-refractivity contribution in [1.29, 1.82) is 0 Å². The van der Waals surface area contributed by atoms with Gasteiger partial charge in [-0.3, -0.25) is 14.9 Å². The number of nitro benzene ring substituents is 1. The van der Waals surface area contributed by atoms with Gasteiger partial charge in [0.15, 0.2) is 0 Å². The minimum atomic E-state index is -0.575. The van der Waals surface area contributed by atoms with Gasteiger partial charge in [0.2, 0.25) is 5.91 Å². The Morgan fingerprint density at radius 1 is 1.31 bits per heavy atom. The minimum Gasteiger partial charge on any atom is -0.343 e. The summed E-state index contributed by atoms with van der Waals surface area (Å²) in [6.07, 6.45) is 2.09. The van der Waals surface area contributed by atoms with E-state index in [1.807, 2.05) is 0 Å². The van der Waals surface area contributed by atoms with Crippen LogP contribution in [0.4, 0.5) is 16.2 Å². The third kappa shape index (κ3) is 5.41. The summed E-state index contributed by atoms with van der Waals surface area (Å²) in [6.45, 7) is 2.11.